The van der Waals surface area contributed by atoms with E-state index in [-0.39, 0.29) is 11.5 Å². The molecule has 0 aromatic heterocycles. The van der Waals surface area contributed by atoms with Gasteiger partial charge in [-0.05, 0) is 45.3 Å². The quantitative estimate of drug-likeness (QED) is 0.513. The van der Waals surface area contributed by atoms with Gasteiger partial charge in [0.25, 0.3) is 0 Å². The lowest BCUT2D eigenvalue weighted by atomic mass is 9.93. The van der Waals surface area contributed by atoms with E-state index in [1.165, 1.54) is 0 Å². The fourth-order valence-electron chi connectivity index (χ4n) is 3.02. The number of hydrogen-bond donors (Lipinski definition) is 2. The van der Waals surface area contributed by atoms with Crippen LogP contribution in [0.15, 0.2) is 72.8 Å². The Morgan fingerprint density at radius 2 is 1.32 bits per heavy atom. The van der Waals surface area contributed by atoms with Crippen LogP contribution in [0.3, 0.4) is 0 Å². The molecule has 0 unspecified atom stereocenters. The summed E-state index contributed by atoms with van der Waals surface area (Å²) in [5.74, 6) is 0.467. The predicted molar refractivity (Wildman–Crippen MR) is 90.2 cm³/mol. The summed E-state index contributed by atoms with van der Waals surface area (Å²) in [7, 11) is 0. The van der Waals surface area contributed by atoms with Crippen molar-refractivity contribution in [3.05, 3.63) is 72.8 Å². The van der Waals surface area contributed by atoms with E-state index in [1.807, 2.05) is 54.6 Å². The molecule has 0 saturated carbocycles. The van der Waals surface area contributed by atoms with Gasteiger partial charge in [0.15, 0.2) is 0 Å². The topological polar surface area (TPSA) is 40.5 Å². The van der Waals surface area contributed by atoms with E-state index in [9.17, 15) is 10.2 Å². The zero-order chi connectivity index (χ0) is 15.1. The first kappa shape index (κ1) is 12.7. The summed E-state index contributed by atoms with van der Waals surface area (Å²) in [4.78, 5) is 0. The number of phenols is 2. The van der Waals surface area contributed by atoms with E-state index in [4.69, 9.17) is 0 Å². The number of phenolic OH excluding ortho intramolecular Hbond substituents is 2. The monoisotopic (exact) mass is 286 g/mol. The van der Waals surface area contributed by atoms with Crippen LogP contribution in [-0.2, 0) is 0 Å². The molecule has 0 aliphatic rings. The van der Waals surface area contributed by atoms with Gasteiger partial charge in [-0.3, -0.25) is 0 Å². The van der Waals surface area contributed by atoms with Crippen molar-refractivity contribution in [1.29, 1.82) is 0 Å². The Bertz CT molecular complexity index is 1000. The van der Waals surface area contributed by atoms with Crippen LogP contribution in [0.1, 0.15) is 0 Å². The summed E-state index contributed by atoms with van der Waals surface area (Å²) in [5, 5.41) is 24.3. The van der Waals surface area contributed by atoms with Crippen molar-refractivity contribution in [2.24, 2.45) is 0 Å². The average Bonchev–Trinajstić information content (AvgIpc) is 2.54. The minimum Gasteiger partial charge on any atom is -0.508 e. The molecule has 4 rings (SSSR count). The molecule has 0 bridgehead atoms. The molecule has 0 aliphatic heterocycles. The summed E-state index contributed by atoms with van der Waals surface area (Å²) in [6, 6.07) is 22.9. The van der Waals surface area contributed by atoms with Crippen LogP contribution in [0, 0.1) is 0 Å². The normalized spacial score (nSPS) is 11.1. The lowest BCUT2D eigenvalue weighted by molar-refractivity contribution is 0.475. The zero-order valence-electron chi connectivity index (χ0n) is 11.8. The fraction of sp³-hybridized carbons (Fsp3) is 0. The van der Waals surface area contributed by atoms with Crippen LogP contribution in [-0.4, -0.2) is 10.2 Å². The molecule has 2 heteroatoms. The van der Waals surface area contributed by atoms with Crippen molar-refractivity contribution in [1.82, 2.24) is 0 Å². The smallest absolute Gasteiger partial charge is 0.124 e. The molecule has 2 nitrogen and oxygen atoms in total. The standard InChI is InChI=1S/C20H14O2/c21-15-10-8-14-5-3-7-17(18(14)12-15)20-16-6-2-1-4-13(16)9-11-19(20)22/h1-12,21-22H. The summed E-state index contributed by atoms with van der Waals surface area (Å²) < 4.78 is 0. The maximum Gasteiger partial charge on any atom is 0.124 e. The van der Waals surface area contributed by atoms with Gasteiger partial charge >= 0.3 is 0 Å². The molecular weight excluding hydrogens is 272 g/mol. The van der Waals surface area contributed by atoms with Crippen LogP contribution in [0.2, 0.25) is 0 Å². The number of benzene rings is 4. The van der Waals surface area contributed by atoms with Crippen molar-refractivity contribution in [2.45, 2.75) is 0 Å². The van der Waals surface area contributed by atoms with Crippen molar-refractivity contribution < 1.29 is 10.2 Å². The van der Waals surface area contributed by atoms with Crippen LogP contribution in [0.5, 0.6) is 11.5 Å². The third-order valence-electron chi connectivity index (χ3n) is 4.04. The first-order chi connectivity index (χ1) is 10.7. The van der Waals surface area contributed by atoms with Gasteiger partial charge in [-0.25, -0.2) is 0 Å². The molecule has 0 fully saturated rings. The van der Waals surface area contributed by atoms with Gasteiger partial charge in [0, 0.05) is 5.56 Å². The SMILES string of the molecule is Oc1ccc2cccc(-c3c(O)ccc4ccccc34)c2c1. The third kappa shape index (κ3) is 1.89. The molecule has 22 heavy (non-hydrogen) atoms. The Morgan fingerprint density at radius 3 is 2.23 bits per heavy atom. The van der Waals surface area contributed by atoms with Gasteiger partial charge in [-0.2, -0.15) is 0 Å². The Balaban J connectivity index is 2.16. The summed E-state index contributed by atoms with van der Waals surface area (Å²) in [5.41, 5.74) is 1.72. The van der Waals surface area contributed by atoms with Crippen molar-refractivity contribution in [2.75, 3.05) is 0 Å². The second-order valence-corrected chi connectivity index (χ2v) is 5.39. The number of aromatic hydroxyl groups is 2. The highest BCUT2D eigenvalue weighted by Crippen LogP contribution is 2.40. The predicted octanol–water partition coefficient (Wildman–Crippen LogP) is 5.07. The van der Waals surface area contributed by atoms with Gasteiger partial charge < -0.3 is 10.2 Å². The maximum absolute atomic E-state index is 10.4. The van der Waals surface area contributed by atoms with Gasteiger partial charge in [0.1, 0.15) is 11.5 Å². The van der Waals surface area contributed by atoms with E-state index < -0.39 is 0 Å². The largest absolute Gasteiger partial charge is 0.508 e. The Hall–Kier alpha value is -3.00. The van der Waals surface area contributed by atoms with Crippen molar-refractivity contribution in [3.63, 3.8) is 0 Å². The number of rotatable bonds is 1. The Morgan fingerprint density at radius 1 is 0.591 bits per heavy atom. The minimum absolute atomic E-state index is 0.222. The van der Waals surface area contributed by atoms with Crippen molar-refractivity contribution in [3.8, 4) is 22.6 Å². The molecule has 0 saturated heterocycles. The van der Waals surface area contributed by atoms with Crippen LogP contribution in [0.4, 0.5) is 0 Å². The van der Waals surface area contributed by atoms with E-state index in [0.29, 0.717) is 0 Å². The fourth-order valence-corrected chi connectivity index (χ4v) is 3.02. The van der Waals surface area contributed by atoms with Crippen LogP contribution >= 0.6 is 0 Å². The zero-order valence-corrected chi connectivity index (χ0v) is 11.8. The molecule has 0 heterocycles. The summed E-state index contributed by atoms with van der Waals surface area (Å²) in [6.07, 6.45) is 0. The lowest BCUT2D eigenvalue weighted by Gasteiger charge is -2.12. The number of fused-ring (bicyclic) bond motifs is 2. The molecular formula is C20H14O2. The Kier molecular flexibility index (Phi) is 2.76. The van der Waals surface area contributed by atoms with Gasteiger partial charge in [0.05, 0.1) is 0 Å². The highest BCUT2D eigenvalue weighted by atomic mass is 16.3. The number of hydrogen-bond acceptors (Lipinski definition) is 2. The molecule has 106 valence electrons. The van der Waals surface area contributed by atoms with E-state index in [2.05, 4.69) is 0 Å². The van der Waals surface area contributed by atoms with Crippen LogP contribution < -0.4 is 0 Å². The second kappa shape index (κ2) is 4.78. The summed E-state index contributed by atoms with van der Waals surface area (Å²) in [6.45, 7) is 0. The molecule has 0 radical (unpaired) electrons. The maximum atomic E-state index is 10.4. The lowest BCUT2D eigenvalue weighted by Crippen LogP contribution is -1.85. The molecule has 4 aromatic carbocycles. The van der Waals surface area contributed by atoms with E-state index in [1.54, 1.807) is 18.2 Å². The Labute approximate surface area is 127 Å². The minimum atomic E-state index is 0.222. The van der Waals surface area contributed by atoms with Gasteiger partial charge in [-0.1, -0.05) is 54.6 Å². The molecule has 0 aliphatic carbocycles. The van der Waals surface area contributed by atoms with Crippen molar-refractivity contribution >= 4 is 21.5 Å². The summed E-state index contributed by atoms with van der Waals surface area (Å²) >= 11 is 0. The van der Waals surface area contributed by atoms with Gasteiger partial charge in [0.2, 0.25) is 0 Å². The highest BCUT2D eigenvalue weighted by Gasteiger charge is 2.12. The molecule has 2 N–H and O–H groups in total. The average molecular weight is 286 g/mol. The molecule has 0 amide bonds. The molecule has 0 spiro atoms. The first-order valence-electron chi connectivity index (χ1n) is 7.17. The second-order valence-electron chi connectivity index (χ2n) is 5.39. The highest BCUT2D eigenvalue weighted by molar-refractivity contribution is 6.07. The van der Waals surface area contributed by atoms with E-state index in [0.717, 1.165) is 32.7 Å². The van der Waals surface area contributed by atoms with Gasteiger partial charge in [-0.15, -0.1) is 0 Å². The van der Waals surface area contributed by atoms with Crippen LogP contribution in [0.25, 0.3) is 32.7 Å². The molecule has 0 atom stereocenters. The molecule has 4 aromatic rings. The first-order valence-corrected chi connectivity index (χ1v) is 7.17. The third-order valence-corrected chi connectivity index (χ3v) is 4.04. The van der Waals surface area contributed by atoms with E-state index >= 15 is 0 Å².